The van der Waals surface area contributed by atoms with Crippen molar-refractivity contribution in [2.45, 2.75) is 17.7 Å². The molecular formula is C25H20F3NO3. The van der Waals surface area contributed by atoms with Gasteiger partial charge in [0.25, 0.3) is 0 Å². The SMILES string of the molecule is O=C(OCC1c2ccccc2-c2ccccc21)N1CC(O)(c2ccc(C(F)(F)F)cc2)C1. The first-order chi connectivity index (χ1) is 15.3. The number of rotatable bonds is 3. The van der Waals surface area contributed by atoms with Crippen LogP contribution in [0, 0.1) is 0 Å². The molecule has 0 radical (unpaired) electrons. The Labute approximate surface area is 182 Å². The number of carbonyl (C=O) groups is 1. The molecule has 7 heteroatoms. The molecule has 164 valence electrons. The fourth-order valence-corrected chi connectivity index (χ4v) is 4.55. The molecule has 1 N–H and O–H groups in total. The van der Waals surface area contributed by atoms with Gasteiger partial charge >= 0.3 is 12.3 Å². The summed E-state index contributed by atoms with van der Waals surface area (Å²) in [4.78, 5) is 13.9. The van der Waals surface area contributed by atoms with Gasteiger partial charge in [-0.25, -0.2) is 4.79 Å². The van der Waals surface area contributed by atoms with Crippen molar-refractivity contribution in [3.05, 3.63) is 95.1 Å². The molecule has 1 aliphatic carbocycles. The zero-order chi connectivity index (χ0) is 22.5. The van der Waals surface area contributed by atoms with Gasteiger partial charge in [0.1, 0.15) is 12.2 Å². The van der Waals surface area contributed by atoms with Gasteiger partial charge in [-0.3, -0.25) is 0 Å². The Balaban J connectivity index is 1.23. The van der Waals surface area contributed by atoms with E-state index < -0.39 is 23.4 Å². The van der Waals surface area contributed by atoms with E-state index in [2.05, 4.69) is 12.1 Å². The zero-order valence-electron chi connectivity index (χ0n) is 17.0. The average Bonchev–Trinajstić information content (AvgIpc) is 3.08. The van der Waals surface area contributed by atoms with E-state index in [0.29, 0.717) is 5.56 Å². The summed E-state index contributed by atoms with van der Waals surface area (Å²) < 4.78 is 43.8. The number of nitrogens with zero attached hydrogens (tertiary/aromatic N) is 1. The van der Waals surface area contributed by atoms with Gasteiger partial charge in [-0.05, 0) is 39.9 Å². The van der Waals surface area contributed by atoms with Crippen LogP contribution in [-0.4, -0.2) is 35.8 Å². The van der Waals surface area contributed by atoms with Gasteiger partial charge < -0.3 is 14.7 Å². The minimum atomic E-state index is -4.44. The van der Waals surface area contributed by atoms with Crippen molar-refractivity contribution in [3.8, 4) is 11.1 Å². The van der Waals surface area contributed by atoms with Crippen molar-refractivity contribution in [1.82, 2.24) is 4.90 Å². The first-order valence-corrected chi connectivity index (χ1v) is 10.3. The highest BCUT2D eigenvalue weighted by molar-refractivity contribution is 5.79. The molecule has 3 aromatic carbocycles. The maximum absolute atomic E-state index is 12.7. The number of β-amino-alcohol motifs (C(OH)–C–C–N with tert-alkyl or cyclic N) is 1. The monoisotopic (exact) mass is 439 g/mol. The topological polar surface area (TPSA) is 49.8 Å². The van der Waals surface area contributed by atoms with E-state index in [0.717, 1.165) is 34.4 Å². The normalized spacial score (nSPS) is 16.8. The summed E-state index contributed by atoms with van der Waals surface area (Å²) in [5.41, 5.74) is 2.65. The molecule has 3 aromatic rings. The molecular weight excluding hydrogens is 419 g/mol. The standard InChI is InChI=1S/C25H20F3NO3/c26-25(27,28)17-11-9-16(10-12-17)24(31)14-29(15-24)23(30)32-13-22-20-7-3-1-5-18(20)19-6-2-4-8-21(19)22/h1-12,22,31H,13-15H2. The summed E-state index contributed by atoms with van der Waals surface area (Å²) in [7, 11) is 0. The molecule has 1 aliphatic heterocycles. The maximum Gasteiger partial charge on any atom is 0.416 e. The molecule has 1 heterocycles. The lowest BCUT2D eigenvalue weighted by Crippen LogP contribution is -2.61. The molecule has 0 unspecified atom stereocenters. The third-order valence-corrected chi connectivity index (χ3v) is 6.25. The molecule has 0 bridgehead atoms. The minimum Gasteiger partial charge on any atom is -0.448 e. The van der Waals surface area contributed by atoms with E-state index in [1.807, 2.05) is 36.4 Å². The molecule has 0 atom stereocenters. The van der Waals surface area contributed by atoms with Crippen LogP contribution in [-0.2, 0) is 16.5 Å². The highest BCUT2D eigenvalue weighted by Gasteiger charge is 2.46. The zero-order valence-corrected chi connectivity index (χ0v) is 17.0. The van der Waals surface area contributed by atoms with Crippen molar-refractivity contribution in [2.75, 3.05) is 19.7 Å². The minimum absolute atomic E-state index is 0.0327. The van der Waals surface area contributed by atoms with E-state index in [-0.39, 0.29) is 25.6 Å². The Bertz CT molecular complexity index is 1120. The van der Waals surface area contributed by atoms with Crippen LogP contribution in [0.2, 0.25) is 0 Å². The Kier molecular flexibility index (Phi) is 4.74. The van der Waals surface area contributed by atoms with Crippen LogP contribution >= 0.6 is 0 Å². The second-order valence-electron chi connectivity index (χ2n) is 8.27. The van der Waals surface area contributed by atoms with Gasteiger partial charge in [0.2, 0.25) is 0 Å². The van der Waals surface area contributed by atoms with Crippen LogP contribution in [0.1, 0.15) is 28.2 Å². The number of benzene rings is 3. The number of alkyl halides is 3. The molecule has 0 saturated carbocycles. The van der Waals surface area contributed by atoms with Gasteiger partial charge in [-0.2, -0.15) is 13.2 Å². The van der Waals surface area contributed by atoms with Crippen LogP contribution in [0.25, 0.3) is 11.1 Å². The number of hydrogen-bond donors (Lipinski definition) is 1. The first kappa shape index (κ1) is 20.6. The highest BCUT2D eigenvalue weighted by atomic mass is 19.4. The Morgan fingerprint density at radius 2 is 1.47 bits per heavy atom. The van der Waals surface area contributed by atoms with E-state index in [4.69, 9.17) is 4.74 Å². The summed E-state index contributed by atoms with van der Waals surface area (Å²) in [6, 6.07) is 20.4. The van der Waals surface area contributed by atoms with E-state index in [1.54, 1.807) is 0 Å². The van der Waals surface area contributed by atoms with E-state index in [9.17, 15) is 23.1 Å². The summed E-state index contributed by atoms with van der Waals surface area (Å²) in [6.07, 6.45) is -4.99. The Morgan fingerprint density at radius 3 is 2.00 bits per heavy atom. The van der Waals surface area contributed by atoms with Gasteiger partial charge in [-0.15, -0.1) is 0 Å². The second-order valence-corrected chi connectivity index (χ2v) is 8.27. The number of ether oxygens (including phenoxy) is 1. The van der Waals surface area contributed by atoms with Crippen molar-refractivity contribution in [1.29, 1.82) is 0 Å². The van der Waals surface area contributed by atoms with Crippen LogP contribution in [0.15, 0.2) is 72.8 Å². The summed E-state index contributed by atoms with van der Waals surface area (Å²) in [6.45, 7) is 0.103. The van der Waals surface area contributed by atoms with Crippen molar-refractivity contribution < 1.29 is 27.8 Å². The number of likely N-dealkylation sites (tertiary alicyclic amines) is 1. The summed E-state index contributed by atoms with van der Waals surface area (Å²) in [5.74, 6) is -0.0681. The molecule has 1 amide bonds. The molecule has 0 aromatic heterocycles. The van der Waals surface area contributed by atoms with E-state index >= 15 is 0 Å². The fourth-order valence-electron chi connectivity index (χ4n) is 4.55. The van der Waals surface area contributed by atoms with Gasteiger partial charge in [-0.1, -0.05) is 60.7 Å². The number of fused-ring (bicyclic) bond motifs is 3. The predicted molar refractivity (Wildman–Crippen MR) is 112 cm³/mol. The van der Waals surface area contributed by atoms with Crippen molar-refractivity contribution in [2.24, 2.45) is 0 Å². The molecule has 0 spiro atoms. The van der Waals surface area contributed by atoms with Crippen LogP contribution in [0.5, 0.6) is 0 Å². The molecule has 4 nitrogen and oxygen atoms in total. The Morgan fingerprint density at radius 1 is 0.938 bits per heavy atom. The number of halogens is 3. The fraction of sp³-hybridized carbons (Fsp3) is 0.240. The predicted octanol–water partition coefficient (Wildman–Crippen LogP) is 5.16. The van der Waals surface area contributed by atoms with Crippen LogP contribution in [0.3, 0.4) is 0 Å². The lowest BCUT2D eigenvalue weighted by atomic mass is 9.86. The average molecular weight is 439 g/mol. The molecule has 5 rings (SSSR count). The van der Waals surface area contributed by atoms with Crippen LogP contribution in [0.4, 0.5) is 18.0 Å². The summed E-state index contributed by atoms with van der Waals surface area (Å²) in [5, 5.41) is 10.7. The quantitative estimate of drug-likeness (QED) is 0.614. The molecule has 32 heavy (non-hydrogen) atoms. The highest BCUT2D eigenvalue weighted by Crippen LogP contribution is 2.44. The van der Waals surface area contributed by atoms with E-state index in [1.165, 1.54) is 17.0 Å². The van der Waals surface area contributed by atoms with Gasteiger partial charge in [0.05, 0.1) is 18.7 Å². The smallest absolute Gasteiger partial charge is 0.416 e. The number of amides is 1. The molecule has 1 fully saturated rings. The third kappa shape index (κ3) is 3.42. The first-order valence-electron chi connectivity index (χ1n) is 10.3. The lowest BCUT2D eigenvalue weighted by Gasteiger charge is -2.46. The molecule has 1 saturated heterocycles. The third-order valence-electron chi connectivity index (χ3n) is 6.25. The Hall–Kier alpha value is -3.32. The number of hydrogen-bond acceptors (Lipinski definition) is 3. The largest absolute Gasteiger partial charge is 0.448 e. The van der Waals surface area contributed by atoms with Crippen LogP contribution < -0.4 is 0 Å². The molecule has 2 aliphatic rings. The van der Waals surface area contributed by atoms with Crippen molar-refractivity contribution >= 4 is 6.09 Å². The number of aliphatic hydroxyl groups is 1. The summed E-state index contributed by atoms with van der Waals surface area (Å²) >= 11 is 0. The lowest BCUT2D eigenvalue weighted by molar-refractivity contribution is -0.137. The van der Waals surface area contributed by atoms with Gasteiger partial charge in [0.15, 0.2) is 0 Å². The van der Waals surface area contributed by atoms with Crippen molar-refractivity contribution in [3.63, 3.8) is 0 Å². The number of carbonyl (C=O) groups excluding carboxylic acids is 1. The second kappa shape index (κ2) is 7.38. The van der Waals surface area contributed by atoms with Gasteiger partial charge in [0, 0.05) is 5.92 Å². The maximum atomic E-state index is 12.7.